The van der Waals surface area contributed by atoms with Crippen LogP contribution in [0.2, 0.25) is 5.02 Å². The molecule has 6 nitrogen and oxygen atoms in total. The summed E-state index contributed by atoms with van der Waals surface area (Å²) in [5.74, 6) is 0.242. The zero-order chi connectivity index (χ0) is 19.3. The molecule has 8 heteroatoms. The third-order valence-corrected chi connectivity index (χ3v) is 5.94. The number of ether oxygens (including phenoxy) is 1. The quantitative estimate of drug-likeness (QED) is 0.780. The van der Waals surface area contributed by atoms with Crippen molar-refractivity contribution in [2.45, 2.75) is 17.9 Å². The minimum atomic E-state index is -3.77. The molecule has 0 aliphatic rings. The van der Waals surface area contributed by atoms with E-state index in [1.165, 1.54) is 31.3 Å². The second-order valence-electron chi connectivity index (χ2n) is 5.75. The van der Waals surface area contributed by atoms with Gasteiger partial charge in [-0.15, -0.1) is 0 Å². The van der Waals surface area contributed by atoms with Crippen molar-refractivity contribution in [2.24, 2.45) is 0 Å². The number of hydrogen-bond donors (Lipinski definition) is 1. The Labute approximate surface area is 158 Å². The van der Waals surface area contributed by atoms with Gasteiger partial charge in [-0.25, -0.2) is 8.42 Å². The fourth-order valence-electron chi connectivity index (χ4n) is 2.46. The van der Waals surface area contributed by atoms with Crippen LogP contribution in [0.1, 0.15) is 18.5 Å². The summed E-state index contributed by atoms with van der Waals surface area (Å²) in [6.07, 6.45) is 0. The largest absolute Gasteiger partial charge is 0.496 e. The molecule has 0 saturated carbocycles. The van der Waals surface area contributed by atoms with Crippen LogP contribution in [0.3, 0.4) is 0 Å². The third kappa shape index (κ3) is 4.75. The van der Waals surface area contributed by atoms with E-state index >= 15 is 0 Å². The average molecular weight is 397 g/mol. The van der Waals surface area contributed by atoms with Gasteiger partial charge in [-0.05, 0) is 37.3 Å². The SMILES string of the molecule is COc1ccccc1C(C)NC(=O)CN(C)S(=O)(=O)c1ccc(Cl)cc1. The first-order valence-corrected chi connectivity index (χ1v) is 9.71. The predicted molar refractivity (Wildman–Crippen MR) is 101 cm³/mol. The molecule has 140 valence electrons. The lowest BCUT2D eigenvalue weighted by molar-refractivity contribution is -0.121. The van der Waals surface area contributed by atoms with Crippen molar-refractivity contribution in [3.05, 3.63) is 59.1 Å². The van der Waals surface area contributed by atoms with Gasteiger partial charge in [-0.1, -0.05) is 29.8 Å². The van der Waals surface area contributed by atoms with Crippen molar-refractivity contribution in [3.63, 3.8) is 0 Å². The molecule has 1 amide bonds. The molecule has 26 heavy (non-hydrogen) atoms. The first-order chi connectivity index (χ1) is 12.3. The second-order valence-corrected chi connectivity index (χ2v) is 8.23. The first-order valence-electron chi connectivity index (χ1n) is 7.90. The molecule has 0 aliphatic heterocycles. The summed E-state index contributed by atoms with van der Waals surface area (Å²) in [5, 5.41) is 3.23. The standard InChI is InChI=1S/C18H21ClN2O4S/c1-13(16-6-4-5-7-17(16)25-3)20-18(22)12-21(2)26(23,24)15-10-8-14(19)9-11-15/h4-11,13H,12H2,1-3H3,(H,20,22). The van der Waals surface area contributed by atoms with Crippen LogP contribution < -0.4 is 10.1 Å². The van der Waals surface area contributed by atoms with Gasteiger partial charge in [0.05, 0.1) is 24.6 Å². The Morgan fingerprint density at radius 3 is 2.42 bits per heavy atom. The zero-order valence-corrected chi connectivity index (χ0v) is 16.3. The number of hydrogen-bond acceptors (Lipinski definition) is 4. The second kappa shape index (κ2) is 8.53. The summed E-state index contributed by atoms with van der Waals surface area (Å²) in [7, 11) is -0.861. The van der Waals surface area contributed by atoms with E-state index in [1.807, 2.05) is 25.1 Å². The van der Waals surface area contributed by atoms with E-state index in [0.717, 1.165) is 9.87 Å². The Hall–Kier alpha value is -2.09. The van der Waals surface area contributed by atoms with E-state index in [-0.39, 0.29) is 17.5 Å². The third-order valence-electron chi connectivity index (χ3n) is 3.87. The molecule has 1 N–H and O–H groups in total. The minimum Gasteiger partial charge on any atom is -0.496 e. The van der Waals surface area contributed by atoms with Crippen LogP contribution in [-0.2, 0) is 14.8 Å². The van der Waals surface area contributed by atoms with Crippen LogP contribution in [0.5, 0.6) is 5.75 Å². The van der Waals surface area contributed by atoms with Gasteiger partial charge in [0.1, 0.15) is 5.75 Å². The average Bonchev–Trinajstić information content (AvgIpc) is 2.61. The van der Waals surface area contributed by atoms with Crippen LogP contribution in [0, 0.1) is 0 Å². The summed E-state index contributed by atoms with van der Waals surface area (Å²) >= 11 is 5.78. The molecule has 0 heterocycles. The van der Waals surface area contributed by atoms with Crippen LogP contribution >= 0.6 is 11.6 Å². The number of sulfonamides is 1. The van der Waals surface area contributed by atoms with Gasteiger partial charge in [-0.2, -0.15) is 4.31 Å². The molecular weight excluding hydrogens is 376 g/mol. The van der Waals surface area contributed by atoms with E-state index in [2.05, 4.69) is 5.32 Å². The van der Waals surface area contributed by atoms with Crippen LogP contribution in [0.25, 0.3) is 0 Å². The van der Waals surface area contributed by atoms with Gasteiger partial charge in [-0.3, -0.25) is 4.79 Å². The molecule has 1 unspecified atom stereocenters. The zero-order valence-electron chi connectivity index (χ0n) is 14.8. The molecule has 0 radical (unpaired) electrons. The Morgan fingerprint density at radius 2 is 1.81 bits per heavy atom. The lowest BCUT2D eigenvalue weighted by Crippen LogP contribution is -2.39. The smallest absolute Gasteiger partial charge is 0.243 e. The highest BCUT2D eigenvalue weighted by atomic mass is 35.5. The minimum absolute atomic E-state index is 0.0787. The summed E-state index contributed by atoms with van der Waals surface area (Å²) in [4.78, 5) is 12.4. The number of carbonyl (C=O) groups excluding carboxylic acids is 1. The van der Waals surface area contributed by atoms with Gasteiger partial charge in [0.25, 0.3) is 0 Å². The molecule has 0 saturated heterocycles. The van der Waals surface area contributed by atoms with Crippen molar-refractivity contribution in [3.8, 4) is 5.75 Å². The van der Waals surface area contributed by atoms with E-state index in [4.69, 9.17) is 16.3 Å². The van der Waals surface area contributed by atoms with Crippen molar-refractivity contribution in [1.29, 1.82) is 0 Å². The summed E-state index contributed by atoms with van der Waals surface area (Å²) in [6.45, 7) is 1.51. The summed E-state index contributed by atoms with van der Waals surface area (Å²) in [6, 6.07) is 12.8. The molecule has 0 fully saturated rings. The Bertz CT molecular complexity index is 869. The fourth-order valence-corrected chi connectivity index (χ4v) is 3.72. The molecule has 0 bridgehead atoms. The highest BCUT2D eigenvalue weighted by molar-refractivity contribution is 7.89. The number of nitrogens with one attached hydrogen (secondary N) is 1. The number of para-hydroxylation sites is 1. The molecule has 0 aliphatic carbocycles. The van der Waals surface area contributed by atoms with Crippen LogP contribution in [0.15, 0.2) is 53.4 Å². The molecule has 2 aromatic rings. The maximum Gasteiger partial charge on any atom is 0.243 e. The van der Waals surface area contributed by atoms with Crippen molar-refractivity contribution in [2.75, 3.05) is 20.7 Å². The Morgan fingerprint density at radius 1 is 1.19 bits per heavy atom. The topological polar surface area (TPSA) is 75.7 Å². The molecule has 0 aromatic heterocycles. The summed E-state index contributed by atoms with van der Waals surface area (Å²) < 4.78 is 31.3. The number of nitrogens with zero attached hydrogens (tertiary/aromatic N) is 1. The highest BCUT2D eigenvalue weighted by Gasteiger charge is 2.24. The Balaban J connectivity index is 2.05. The number of methoxy groups -OCH3 is 1. The maximum absolute atomic E-state index is 12.5. The van der Waals surface area contributed by atoms with E-state index in [9.17, 15) is 13.2 Å². The number of halogens is 1. The Kier molecular flexibility index (Phi) is 6.63. The van der Waals surface area contributed by atoms with Crippen molar-refractivity contribution in [1.82, 2.24) is 9.62 Å². The molecule has 2 rings (SSSR count). The molecule has 1 atom stereocenters. The van der Waals surface area contributed by atoms with Gasteiger partial charge in [0.2, 0.25) is 15.9 Å². The van der Waals surface area contributed by atoms with E-state index in [0.29, 0.717) is 10.8 Å². The van der Waals surface area contributed by atoms with Gasteiger partial charge >= 0.3 is 0 Å². The van der Waals surface area contributed by atoms with Gasteiger partial charge < -0.3 is 10.1 Å². The van der Waals surface area contributed by atoms with E-state index in [1.54, 1.807) is 13.2 Å². The number of carbonyl (C=O) groups is 1. The molecule has 0 spiro atoms. The lowest BCUT2D eigenvalue weighted by atomic mass is 10.1. The maximum atomic E-state index is 12.5. The fraction of sp³-hybridized carbons (Fsp3) is 0.278. The monoisotopic (exact) mass is 396 g/mol. The van der Waals surface area contributed by atoms with Crippen molar-refractivity contribution < 1.29 is 17.9 Å². The van der Waals surface area contributed by atoms with Crippen LogP contribution in [-0.4, -0.2) is 39.3 Å². The first kappa shape index (κ1) is 20.2. The molecule has 2 aromatic carbocycles. The molecular formula is C18H21ClN2O4S. The van der Waals surface area contributed by atoms with Crippen molar-refractivity contribution >= 4 is 27.5 Å². The number of amides is 1. The summed E-state index contributed by atoms with van der Waals surface area (Å²) in [5.41, 5.74) is 0.812. The normalized spacial score (nSPS) is 12.7. The van der Waals surface area contributed by atoms with Crippen LogP contribution in [0.4, 0.5) is 0 Å². The lowest BCUT2D eigenvalue weighted by Gasteiger charge is -2.20. The van der Waals surface area contributed by atoms with Gasteiger partial charge in [0.15, 0.2) is 0 Å². The number of likely N-dealkylation sites (N-methyl/N-ethyl adjacent to an activating group) is 1. The van der Waals surface area contributed by atoms with E-state index < -0.39 is 15.9 Å². The van der Waals surface area contributed by atoms with Gasteiger partial charge in [0, 0.05) is 17.6 Å². The highest BCUT2D eigenvalue weighted by Crippen LogP contribution is 2.24. The number of rotatable bonds is 7. The predicted octanol–water partition coefficient (Wildman–Crippen LogP) is 2.85. The number of benzene rings is 2.